The number of hydrogen-bond donors (Lipinski definition) is 2. The number of benzene rings is 1. The molecule has 0 bridgehead atoms. The van der Waals surface area contributed by atoms with Crippen LogP contribution in [0.15, 0.2) is 30.3 Å². The van der Waals surface area contributed by atoms with Crippen LogP contribution in [0.4, 0.5) is 16.0 Å². The lowest BCUT2D eigenvalue weighted by atomic mass is 10.1. The van der Waals surface area contributed by atoms with Gasteiger partial charge in [0.05, 0.1) is 0 Å². The Balaban J connectivity index is 1.87. The van der Waals surface area contributed by atoms with E-state index in [1.807, 2.05) is 13.0 Å². The lowest BCUT2D eigenvalue weighted by Crippen LogP contribution is -2.10. The summed E-state index contributed by atoms with van der Waals surface area (Å²) in [4.78, 5) is 8.76. The number of rotatable bonds is 8. The first kappa shape index (κ1) is 16.2. The van der Waals surface area contributed by atoms with E-state index in [-0.39, 0.29) is 5.82 Å². The summed E-state index contributed by atoms with van der Waals surface area (Å²) in [6.07, 6.45) is 3.10. The third-order valence-corrected chi connectivity index (χ3v) is 3.31. The fourth-order valence-electron chi connectivity index (χ4n) is 2.13. The summed E-state index contributed by atoms with van der Waals surface area (Å²) in [6.45, 7) is 5.71. The predicted molar refractivity (Wildman–Crippen MR) is 88.8 cm³/mol. The Hall–Kier alpha value is -2.17. The fraction of sp³-hybridized carbons (Fsp3) is 0.412. The Labute approximate surface area is 131 Å². The molecule has 0 fully saturated rings. The van der Waals surface area contributed by atoms with Crippen LogP contribution in [0.25, 0.3) is 0 Å². The fourth-order valence-corrected chi connectivity index (χ4v) is 2.13. The monoisotopic (exact) mass is 302 g/mol. The number of aryl methyl sites for hydroxylation is 1. The van der Waals surface area contributed by atoms with Gasteiger partial charge in [-0.3, -0.25) is 0 Å². The summed E-state index contributed by atoms with van der Waals surface area (Å²) in [6, 6.07) is 8.51. The maximum absolute atomic E-state index is 12.9. The maximum Gasteiger partial charge on any atom is 0.131 e. The van der Waals surface area contributed by atoms with E-state index in [1.165, 1.54) is 12.1 Å². The first-order chi connectivity index (χ1) is 10.7. The first-order valence-corrected chi connectivity index (χ1v) is 7.75. The summed E-state index contributed by atoms with van der Waals surface area (Å²) in [5.41, 5.74) is 1.10. The Morgan fingerprint density at radius 3 is 2.27 bits per heavy atom. The lowest BCUT2D eigenvalue weighted by Gasteiger charge is -2.10. The van der Waals surface area contributed by atoms with Crippen LogP contribution in [0.5, 0.6) is 0 Å². The molecule has 1 aromatic carbocycles. The molecule has 1 aromatic heterocycles. The van der Waals surface area contributed by atoms with Crippen molar-refractivity contribution < 1.29 is 4.39 Å². The molecular weight excluding hydrogens is 279 g/mol. The van der Waals surface area contributed by atoms with Crippen LogP contribution in [0.3, 0.4) is 0 Å². The van der Waals surface area contributed by atoms with Gasteiger partial charge in [-0.1, -0.05) is 25.5 Å². The second-order valence-corrected chi connectivity index (χ2v) is 5.27. The molecule has 0 radical (unpaired) electrons. The van der Waals surface area contributed by atoms with Crippen molar-refractivity contribution in [1.29, 1.82) is 0 Å². The van der Waals surface area contributed by atoms with Gasteiger partial charge >= 0.3 is 0 Å². The van der Waals surface area contributed by atoms with Gasteiger partial charge in [-0.2, -0.15) is 0 Å². The minimum absolute atomic E-state index is 0.203. The van der Waals surface area contributed by atoms with E-state index >= 15 is 0 Å². The van der Waals surface area contributed by atoms with Crippen molar-refractivity contribution >= 4 is 11.6 Å². The molecule has 4 nitrogen and oxygen atoms in total. The third kappa shape index (κ3) is 5.31. The van der Waals surface area contributed by atoms with Gasteiger partial charge in [-0.05, 0) is 37.5 Å². The number of hydrogen-bond acceptors (Lipinski definition) is 4. The van der Waals surface area contributed by atoms with Crippen LogP contribution in [-0.2, 0) is 6.42 Å². The smallest absolute Gasteiger partial charge is 0.131 e. The van der Waals surface area contributed by atoms with E-state index < -0.39 is 0 Å². The second kappa shape index (κ2) is 8.32. The van der Waals surface area contributed by atoms with Gasteiger partial charge < -0.3 is 10.6 Å². The van der Waals surface area contributed by atoms with Gasteiger partial charge in [-0.15, -0.1) is 0 Å². The van der Waals surface area contributed by atoms with Gasteiger partial charge in [0.2, 0.25) is 0 Å². The molecule has 0 amide bonds. The van der Waals surface area contributed by atoms with Crippen molar-refractivity contribution in [2.24, 2.45) is 0 Å². The van der Waals surface area contributed by atoms with Crippen molar-refractivity contribution in [3.8, 4) is 0 Å². The molecule has 5 heteroatoms. The molecule has 118 valence electrons. The highest BCUT2D eigenvalue weighted by Gasteiger charge is 2.02. The molecule has 0 aliphatic rings. The summed E-state index contributed by atoms with van der Waals surface area (Å²) in [7, 11) is 0. The molecule has 22 heavy (non-hydrogen) atoms. The SMILES string of the molecule is CCCCNc1cc(NCCc2ccc(F)cc2)nc(C)n1. The minimum atomic E-state index is -0.203. The lowest BCUT2D eigenvalue weighted by molar-refractivity contribution is 0.627. The van der Waals surface area contributed by atoms with Crippen LogP contribution in [0, 0.1) is 12.7 Å². The molecule has 0 spiro atoms. The van der Waals surface area contributed by atoms with Crippen molar-refractivity contribution in [3.63, 3.8) is 0 Å². The Bertz CT molecular complexity index is 584. The van der Waals surface area contributed by atoms with Gasteiger partial charge in [0.15, 0.2) is 0 Å². The van der Waals surface area contributed by atoms with Gasteiger partial charge in [0.1, 0.15) is 23.3 Å². The van der Waals surface area contributed by atoms with Gasteiger partial charge in [0.25, 0.3) is 0 Å². The average molecular weight is 302 g/mol. The Morgan fingerprint density at radius 1 is 1.00 bits per heavy atom. The highest BCUT2D eigenvalue weighted by atomic mass is 19.1. The minimum Gasteiger partial charge on any atom is -0.370 e. The molecule has 0 aliphatic heterocycles. The topological polar surface area (TPSA) is 49.8 Å². The number of unbranched alkanes of at least 4 members (excludes halogenated alkanes) is 1. The van der Waals surface area contributed by atoms with Crippen molar-refractivity contribution in [3.05, 3.63) is 47.5 Å². The zero-order valence-electron chi connectivity index (χ0n) is 13.2. The number of aromatic nitrogens is 2. The number of halogens is 1. The van der Waals surface area contributed by atoms with Crippen LogP contribution >= 0.6 is 0 Å². The summed E-state index contributed by atoms with van der Waals surface area (Å²) < 4.78 is 12.9. The molecule has 0 unspecified atom stereocenters. The van der Waals surface area contributed by atoms with E-state index in [9.17, 15) is 4.39 Å². The van der Waals surface area contributed by atoms with E-state index in [2.05, 4.69) is 27.5 Å². The van der Waals surface area contributed by atoms with E-state index in [0.29, 0.717) is 0 Å². The summed E-state index contributed by atoms with van der Waals surface area (Å²) in [5.74, 6) is 2.20. The van der Waals surface area contributed by atoms with Crippen molar-refractivity contribution in [1.82, 2.24) is 9.97 Å². The standard InChI is InChI=1S/C17H23FN4/c1-3-4-10-19-16-12-17(22-13(2)21-16)20-11-9-14-5-7-15(18)8-6-14/h5-8,12H,3-4,9-11H2,1-2H3,(H2,19,20,21,22). The predicted octanol–water partition coefficient (Wildman–Crippen LogP) is 3.79. The van der Waals surface area contributed by atoms with Crippen LogP contribution in [0.1, 0.15) is 31.2 Å². The van der Waals surface area contributed by atoms with Gasteiger partial charge in [0, 0.05) is 19.2 Å². The first-order valence-electron chi connectivity index (χ1n) is 7.75. The van der Waals surface area contributed by atoms with Gasteiger partial charge in [-0.25, -0.2) is 14.4 Å². The van der Waals surface area contributed by atoms with E-state index in [1.54, 1.807) is 12.1 Å². The van der Waals surface area contributed by atoms with Crippen molar-refractivity contribution in [2.75, 3.05) is 23.7 Å². The largest absolute Gasteiger partial charge is 0.370 e. The molecule has 0 atom stereocenters. The molecular formula is C17H23FN4. The Morgan fingerprint density at radius 2 is 1.64 bits per heavy atom. The quantitative estimate of drug-likeness (QED) is 0.728. The average Bonchev–Trinajstić information content (AvgIpc) is 2.49. The molecule has 0 saturated heterocycles. The maximum atomic E-state index is 12.9. The Kier molecular flexibility index (Phi) is 6.13. The molecule has 2 aromatic rings. The number of nitrogens with zero attached hydrogens (tertiary/aromatic N) is 2. The van der Waals surface area contributed by atoms with Crippen LogP contribution < -0.4 is 10.6 Å². The van der Waals surface area contributed by atoms with E-state index in [0.717, 1.165) is 55.4 Å². The molecule has 2 N–H and O–H groups in total. The molecule has 1 heterocycles. The number of anilines is 2. The number of nitrogens with one attached hydrogen (secondary N) is 2. The zero-order chi connectivity index (χ0) is 15.8. The third-order valence-electron chi connectivity index (χ3n) is 3.31. The van der Waals surface area contributed by atoms with Crippen LogP contribution in [0.2, 0.25) is 0 Å². The molecule has 2 rings (SSSR count). The molecule has 0 saturated carbocycles. The van der Waals surface area contributed by atoms with Crippen LogP contribution in [-0.4, -0.2) is 23.1 Å². The highest BCUT2D eigenvalue weighted by Crippen LogP contribution is 2.12. The van der Waals surface area contributed by atoms with E-state index in [4.69, 9.17) is 0 Å². The second-order valence-electron chi connectivity index (χ2n) is 5.27. The summed E-state index contributed by atoms with van der Waals surface area (Å²) >= 11 is 0. The zero-order valence-corrected chi connectivity index (χ0v) is 13.2. The summed E-state index contributed by atoms with van der Waals surface area (Å²) in [5, 5.41) is 6.60. The normalized spacial score (nSPS) is 10.5. The highest BCUT2D eigenvalue weighted by molar-refractivity contribution is 5.47. The molecule has 0 aliphatic carbocycles. The van der Waals surface area contributed by atoms with Crippen molar-refractivity contribution in [2.45, 2.75) is 33.1 Å².